The number of aliphatic hydroxyl groups is 1. The molecule has 0 aliphatic carbocycles. The molecule has 1 fully saturated rings. The van der Waals surface area contributed by atoms with Crippen molar-refractivity contribution in [3.63, 3.8) is 0 Å². The summed E-state index contributed by atoms with van der Waals surface area (Å²) < 4.78 is 28.1. The summed E-state index contributed by atoms with van der Waals surface area (Å²) in [6.07, 6.45) is 2.26. The molecule has 1 saturated heterocycles. The monoisotopic (exact) mass is 670 g/mol. The van der Waals surface area contributed by atoms with Crippen LogP contribution in [0.3, 0.4) is 0 Å². The van der Waals surface area contributed by atoms with Crippen LogP contribution in [0.5, 0.6) is 0 Å². The third-order valence-electron chi connectivity index (χ3n) is 8.59. The smallest absolute Gasteiger partial charge is 0.243 e. The van der Waals surface area contributed by atoms with Crippen molar-refractivity contribution in [3.8, 4) is 0 Å². The molecule has 3 N–H and O–H groups in total. The summed E-state index contributed by atoms with van der Waals surface area (Å²) in [5.41, 5.74) is 2.81. The van der Waals surface area contributed by atoms with Gasteiger partial charge in [-0.15, -0.1) is 11.3 Å². The first-order chi connectivity index (χ1) is 21.7. The van der Waals surface area contributed by atoms with Crippen molar-refractivity contribution < 1.29 is 23.1 Å². The normalized spacial score (nSPS) is 17.1. The number of benzene rings is 2. The van der Waals surface area contributed by atoms with Gasteiger partial charge in [0.25, 0.3) is 0 Å². The third kappa shape index (κ3) is 10.3. The Bertz CT molecular complexity index is 1550. The Morgan fingerprint density at radius 2 is 1.72 bits per heavy atom. The van der Waals surface area contributed by atoms with Gasteiger partial charge >= 0.3 is 0 Å². The van der Waals surface area contributed by atoms with Crippen molar-refractivity contribution >= 4 is 43.2 Å². The predicted octanol–water partition coefficient (Wildman–Crippen LogP) is 4.84. The molecule has 4 atom stereocenters. The fraction of sp³-hybridized carbons (Fsp3) is 0.571. The Morgan fingerprint density at radius 1 is 1.02 bits per heavy atom. The first kappa shape index (κ1) is 36.0. The van der Waals surface area contributed by atoms with Crippen molar-refractivity contribution in [3.05, 3.63) is 59.6 Å². The molecule has 252 valence electrons. The molecule has 3 aromatic rings. The van der Waals surface area contributed by atoms with Crippen LogP contribution in [-0.4, -0.2) is 78.8 Å². The van der Waals surface area contributed by atoms with Crippen LogP contribution in [0.2, 0.25) is 0 Å². The molecule has 9 nitrogen and oxygen atoms in total. The zero-order valence-electron chi connectivity index (χ0n) is 27.7. The lowest BCUT2D eigenvalue weighted by atomic mass is 9.85. The Balaban J connectivity index is 1.53. The number of hydrogen-bond donors (Lipinski definition) is 3. The minimum Gasteiger partial charge on any atom is -0.391 e. The number of aliphatic hydroxyl groups excluding tert-OH is 1. The number of sulfone groups is 1. The van der Waals surface area contributed by atoms with E-state index in [9.17, 15) is 23.1 Å². The van der Waals surface area contributed by atoms with Crippen molar-refractivity contribution in [2.45, 2.75) is 89.8 Å². The summed E-state index contributed by atoms with van der Waals surface area (Å²) >= 11 is 1.40. The first-order valence-corrected chi connectivity index (χ1v) is 18.8. The van der Waals surface area contributed by atoms with Crippen LogP contribution < -0.4 is 10.6 Å². The molecule has 11 heteroatoms. The van der Waals surface area contributed by atoms with Gasteiger partial charge < -0.3 is 15.7 Å². The molecule has 1 aliphatic rings. The van der Waals surface area contributed by atoms with E-state index in [-0.39, 0.29) is 47.3 Å². The standard InChI is InChI=1S/C35H50N4O5S2/c1-24(2)17-26(22-46(43,44)27-13-14-28-31(20-27)45-23-36-28)19-30(40)29(18-25-11-7-6-8-12-25)37-34(42)33(35(3,4)5)38-32(41)21-39-15-9-10-16-39/h6-8,11-14,20,23-24,26,29-30,33,40H,9-10,15-19,21-22H2,1-5H3,(H,37,42)(H,38,41)/t26?,29-,30+,33+/m0/s1. The minimum absolute atomic E-state index is 0.115. The molecule has 1 aliphatic heterocycles. The van der Waals surface area contributed by atoms with E-state index in [2.05, 4.69) is 20.5 Å². The second-order valence-electron chi connectivity index (χ2n) is 14.2. The average Bonchev–Trinajstić information content (AvgIpc) is 3.66. The molecule has 46 heavy (non-hydrogen) atoms. The minimum atomic E-state index is -3.66. The van der Waals surface area contributed by atoms with E-state index in [0.717, 1.165) is 41.7 Å². The number of fused-ring (bicyclic) bond motifs is 1. The van der Waals surface area contributed by atoms with Gasteiger partial charge in [-0.1, -0.05) is 65.0 Å². The van der Waals surface area contributed by atoms with Gasteiger partial charge in [-0.25, -0.2) is 13.4 Å². The Morgan fingerprint density at radius 3 is 2.37 bits per heavy atom. The number of aromatic nitrogens is 1. The second kappa shape index (κ2) is 15.8. The van der Waals surface area contributed by atoms with E-state index in [1.54, 1.807) is 23.7 Å². The van der Waals surface area contributed by atoms with Crippen LogP contribution in [0, 0.1) is 17.3 Å². The summed E-state index contributed by atoms with van der Waals surface area (Å²) in [6, 6.07) is 13.1. The fourth-order valence-corrected chi connectivity index (χ4v) is 8.73. The van der Waals surface area contributed by atoms with Crippen LogP contribution in [0.1, 0.15) is 65.9 Å². The maximum absolute atomic E-state index is 13.9. The molecule has 4 rings (SSSR count). The van der Waals surface area contributed by atoms with Gasteiger partial charge in [-0.2, -0.15) is 0 Å². The first-order valence-electron chi connectivity index (χ1n) is 16.3. The molecule has 2 amide bonds. The number of nitrogens with one attached hydrogen (secondary N) is 2. The maximum atomic E-state index is 13.9. The molecule has 2 heterocycles. The van der Waals surface area contributed by atoms with Gasteiger partial charge in [0, 0.05) is 0 Å². The number of amides is 2. The summed E-state index contributed by atoms with van der Waals surface area (Å²) in [7, 11) is -3.66. The summed E-state index contributed by atoms with van der Waals surface area (Å²) in [5.74, 6) is -0.819. The SMILES string of the molecule is CC(C)CC(C[C@@H](O)[C@H](Cc1ccccc1)NC(=O)[C@@H](NC(=O)CN1CCCC1)C(C)(C)C)CS(=O)(=O)c1ccc2ncsc2c1. The molecule has 0 bridgehead atoms. The number of likely N-dealkylation sites (tertiary alicyclic amines) is 1. The van der Waals surface area contributed by atoms with Gasteiger partial charge in [-0.05, 0) is 86.2 Å². The lowest BCUT2D eigenvalue weighted by molar-refractivity contribution is -0.133. The summed E-state index contributed by atoms with van der Waals surface area (Å²) in [6.45, 7) is 11.8. The number of carbonyl (C=O) groups is 2. The van der Waals surface area contributed by atoms with E-state index < -0.39 is 33.4 Å². The molecule has 0 saturated carbocycles. The lowest BCUT2D eigenvalue weighted by Gasteiger charge is -2.34. The van der Waals surface area contributed by atoms with Gasteiger partial charge in [0.1, 0.15) is 6.04 Å². The topological polar surface area (TPSA) is 129 Å². The van der Waals surface area contributed by atoms with Crippen LogP contribution in [0.4, 0.5) is 0 Å². The van der Waals surface area contributed by atoms with Gasteiger partial charge in [0.05, 0.1) is 45.1 Å². The molecule has 0 spiro atoms. The van der Waals surface area contributed by atoms with Gasteiger partial charge in [0.15, 0.2) is 9.84 Å². The lowest BCUT2D eigenvalue weighted by Crippen LogP contribution is -2.58. The van der Waals surface area contributed by atoms with E-state index in [0.29, 0.717) is 12.8 Å². The average molecular weight is 671 g/mol. The van der Waals surface area contributed by atoms with E-state index >= 15 is 0 Å². The van der Waals surface area contributed by atoms with Crippen LogP contribution >= 0.6 is 11.3 Å². The highest BCUT2D eigenvalue weighted by Gasteiger charge is 2.36. The Hall–Kier alpha value is -2.86. The van der Waals surface area contributed by atoms with Crippen molar-refractivity contribution in [1.29, 1.82) is 0 Å². The summed E-state index contributed by atoms with van der Waals surface area (Å²) in [4.78, 5) is 33.5. The predicted molar refractivity (Wildman–Crippen MR) is 184 cm³/mol. The highest BCUT2D eigenvalue weighted by Crippen LogP contribution is 2.28. The van der Waals surface area contributed by atoms with Crippen molar-refractivity contribution in [2.24, 2.45) is 17.3 Å². The van der Waals surface area contributed by atoms with Gasteiger partial charge in [0.2, 0.25) is 11.8 Å². The summed E-state index contributed by atoms with van der Waals surface area (Å²) in [5, 5.41) is 17.8. The van der Waals surface area contributed by atoms with Crippen molar-refractivity contribution in [1.82, 2.24) is 20.5 Å². The van der Waals surface area contributed by atoms with E-state index in [4.69, 9.17) is 0 Å². The van der Waals surface area contributed by atoms with Crippen molar-refractivity contribution in [2.75, 3.05) is 25.4 Å². The molecular weight excluding hydrogens is 621 g/mol. The fourth-order valence-electron chi connectivity index (χ4n) is 6.28. The Kier molecular flexibility index (Phi) is 12.4. The largest absolute Gasteiger partial charge is 0.391 e. The molecular formula is C35H50N4O5S2. The van der Waals surface area contributed by atoms with E-state index in [1.807, 2.05) is 65.0 Å². The zero-order chi connectivity index (χ0) is 33.5. The number of thiazole rings is 1. The number of nitrogens with zero attached hydrogens (tertiary/aromatic N) is 2. The molecule has 1 unspecified atom stereocenters. The highest BCUT2D eigenvalue weighted by atomic mass is 32.2. The van der Waals surface area contributed by atoms with Gasteiger partial charge in [-0.3, -0.25) is 14.5 Å². The molecule has 1 aromatic heterocycles. The van der Waals surface area contributed by atoms with Crippen LogP contribution in [0.25, 0.3) is 10.2 Å². The number of rotatable bonds is 15. The van der Waals surface area contributed by atoms with Crippen LogP contribution in [-0.2, 0) is 25.8 Å². The zero-order valence-corrected chi connectivity index (χ0v) is 29.4. The van der Waals surface area contributed by atoms with E-state index in [1.165, 1.54) is 11.3 Å². The number of hydrogen-bond acceptors (Lipinski definition) is 8. The van der Waals surface area contributed by atoms with Crippen LogP contribution in [0.15, 0.2) is 58.9 Å². The number of carbonyl (C=O) groups excluding carboxylic acids is 2. The maximum Gasteiger partial charge on any atom is 0.243 e. The quantitative estimate of drug-likeness (QED) is 0.211. The molecule has 2 aromatic carbocycles. The highest BCUT2D eigenvalue weighted by molar-refractivity contribution is 7.91. The molecule has 0 radical (unpaired) electrons. The third-order valence-corrected chi connectivity index (χ3v) is 11.3. The Labute approximate surface area is 278 Å². The second-order valence-corrected chi connectivity index (χ2v) is 17.1.